The Labute approximate surface area is 268 Å². The lowest BCUT2D eigenvalue weighted by molar-refractivity contribution is -0.133. The van der Waals surface area contributed by atoms with E-state index in [0.717, 1.165) is 12.3 Å². The first kappa shape index (κ1) is 34.2. The molecule has 0 unspecified atom stereocenters. The van der Waals surface area contributed by atoms with Gasteiger partial charge in [0.1, 0.15) is 11.9 Å². The Morgan fingerprint density at radius 2 is 1.76 bits per heavy atom. The van der Waals surface area contributed by atoms with Crippen LogP contribution in [0.2, 0.25) is 0 Å². The van der Waals surface area contributed by atoms with Crippen LogP contribution in [0.25, 0.3) is 0 Å². The molecule has 3 amide bonds. The van der Waals surface area contributed by atoms with Crippen molar-refractivity contribution in [2.45, 2.75) is 63.6 Å². The van der Waals surface area contributed by atoms with Gasteiger partial charge >= 0.3 is 0 Å². The Bertz CT molecular complexity index is 1750. The number of ether oxygens (including phenoxy) is 2. The lowest BCUT2D eigenvalue weighted by Crippen LogP contribution is -2.38. The molecule has 1 saturated heterocycles. The molecule has 1 aliphatic rings. The number of amides is 3. The molecule has 0 bridgehead atoms. The van der Waals surface area contributed by atoms with Crippen LogP contribution in [0, 0.1) is 5.82 Å². The summed E-state index contributed by atoms with van der Waals surface area (Å²) in [5.74, 6) is -1.61. The van der Waals surface area contributed by atoms with Gasteiger partial charge in [-0.1, -0.05) is 6.07 Å². The Kier molecular flexibility index (Phi) is 10.6. The van der Waals surface area contributed by atoms with Crippen molar-refractivity contribution in [1.82, 2.24) is 4.90 Å². The van der Waals surface area contributed by atoms with Crippen molar-refractivity contribution in [3.8, 4) is 11.5 Å². The van der Waals surface area contributed by atoms with E-state index in [1.165, 1.54) is 31.2 Å². The number of carbonyl (C=O) groups is 3. The normalized spacial score (nSPS) is 15.4. The first-order valence-corrected chi connectivity index (χ1v) is 16.8. The van der Waals surface area contributed by atoms with Gasteiger partial charge in [0, 0.05) is 31.1 Å². The monoisotopic (exact) mass is 654 g/mol. The smallest absolute Gasteiger partial charge is 0.251 e. The van der Waals surface area contributed by atoms with E-state index in [9.17, 15) is 27.2 Å². The van der Waals surface area contributed by atoms with Crippen LogP contribution >= 0.6 is 0 Å². The number of primary amides is 1. The molecule has 3 aromatic carbocycles. The third-order valence-electron chi connectivity index (χ3n) is 7.38. The molecule has 0 aromatic heterocycles. The van der Waals surface area contributed by atoms with Gasteiger partial charge in [0.2, 0.25) is 11.8 Å². The highest BCUT2D eigenvalue weighted by atomic mass is 32.2. The van der Waals surface area contributed by atoms with Gasteiger partial charge in [-0.2, -0.15) is 0 Å². The first-order valence-electron chi connectivity index (χ1n) is 14.9. The second-order valence-electron chi connectivity index (χ2n) is 11.3. The van der Waals surface area contributed by atoms with E-state index < -0.39 is 39.6 Å². The van der Waals surface area contributed by atoms with E-state index in [1.807, 2.05) is 20.8 Å². The first-order chi connectivity index (χ1) is 21.7. The SMILES string of the molecule is CCOc1cc([C@H](Nc2ccc(F)c(C(N)=O)c2)C(=O)N2CCC[C@@H]2c2cc(NC(C)=O)ccc2S(C)(=O)=O)ccc1OC(C)C. The Hall–Kier alpha value is -4.65. The van der Waals surface area contributed by atoms with Gasteiger partial charge in [-0.05, 0) is 93.3 Å². The maximum atomic E-state index is 14.6. The van der Waals surface area contributed by atoms with Gasteiger partial charge in [-0.25, -0.2) is 12.8 Å². The van der Waals surface area contributed by atoms with Crippen molar-refractivity contribution in [3.63, 3.8) is 0 Å². The van der Waals surface area contributed by atoms with Gasteiger partial charge in [-0.3, -0.25) is 14.4 Å². The lowest BCUT2D eigenvalue weighted by Gasteiger charge is -2.31. The molecular formula is C33H39FN4O7S. The fourth-order valence-corrected chi connectivity index (χ4v) is 6.47. The summed E-state index contributed by atoms with van der Waals surface area (Å²) in [7, 11) is -3.71. The predicted molar refractivity (Wildman–Crippen MR) is 172 cm³/mol. The minimum absolute atomic E-state index is 0.0502. The van der Waals surface area contributed by atoms with Crippen LogP contribution in [-0.4, -0.2) is 56.6 Å². The topological polar surface area (TPSA) is 157 Å². The van der Waals surface area contributed by atoms with Crippen LogP contribution in [0.15, 0.2) is 59.5 Å². The number of carbonyl (C=O) groups excluding carboxylic acids is 3. The van der Waals surface area contributed by atoms with Crippen LogP contribution in [0.1, 0.15) is 74.1 Å². The number of nitrogens with two attached hydrogens (primary N) is 1. The number of likely N-dealkylation sites (tertiary alicyclic amines) is 1. The minimum Gasteiger partial charge on any atom is -0.490 e. The average Bonchev–Trinajstić information content (AvgIpc) is 3.46. The van der Waals surface area contributed by atoms with Gasteiger partial charge in [-0.15, -0.1) is 0 Å². The fourth-order valence-electron chi connectivity index (χ4n) is 5.53. The zero-order valence-electron chi connectivity index (χ0n) is 26.4. The molecule has 3 aromatic rings. The fraction of sp³-hybridized carbons (Fsp3) is 0.364. The van der Waals surface area contributed by atoms with E-state index in [4.69, 9.17) is 15.2 Å². The number of halogens is 1. The summed E-state index contributed by atoms with van der Waals surface area (Å²) < 4.78 is 51.8. The number of hydrogen-bond donors (Lipinski definition) is 3. The summed E-state index contributed by atoms with van der Waals surface area (Å²) in [4.78, 5) is 39.9. The molecule has 11 nitrogen and oxygen atoms in total. The van der Waals surface area contributed by atoms with Gasteiger partial charge in [0.05, 0.1) is 29.2 Å². The molecule has 0 spiro atoms. The molecule has 1 heterocycles. The minimum atomic E-state index is -3.71. The van der Waals surface area contributed by atoms with E-state index in [2.05, 4.69) is 10.6 Å². The standard InChI is InChI=1S/C33H39FN4O7S/c1-6-44-29-16-21(9-13-28(29)45-19(2)3)31(37-23-10-12-26(34)24(17-23)32(35)40)33(41)38-15-7-8-27(38)25-18-22(36-20(4)39)11-14-30(25)46(5,42)43/h9-14,16-19,27,31,37H,6-8,15H2,1-5H3,(H2,35,40)(H,36,39)/t27-,31+/m1/s1. The molecule has 4 rings (SSSR count). The molecule has 1 fully saturated rings. The maximum Gasteiger partial charge on any atom is 0.251 e. The van der Waals surface area contributed by atoms with Gasteiger partial charge in [0.15, 0.2) is 21.3 Å². The quantitative estimate of drug-likeness (QED) is 0.247. The third kappa shape index (κ3) is 7.94. The molecule has 246 valence electrons. The molecule has 13 heteroatoms. The number of sulfone groups is 1. The van der Waals surface area contributed by atoms with E-state index in [0.29, 0.717) is 54.3 Å². The highest BCUT2D eigenvalue weighted by molar-refractivity contribution is 7.90. The molecule has 0 saturated carbocycles. The zero-order valence-corrected chi connectivity index (χ0v) is 27.2. The highest BCUT2D eigenvalue weighted by Crippen LogP contribution is 2.40. The largest absolute Gasteiger partial charge is 0.490 e. The zero-order chi connectivity index (χ0) is 33.8. The summed E-state index contributed by atoms with van der Waals surface area (Å²) >= 11 is 0. The summed E-state index contributed by atoms with van der Waals surface area (Å²) in [6, 6.07) is 11.6. The number of rotatable bonds is 12. The summed E-state index contributed by atoms with van der Waals surface area (Å²) in [6.45, 7) is 7.57. The summed E-state index contributed by atoms with van der Waals surface area (Å²) in [6.07, 6.45) is 2.01. The number of nitrogens with zero attached hydrogens (tertiary/aromatic N) is 1. The van der Waals surface area contributed by atoms with Crippen molar-refractivity contribution >= 4 is 38.9 Å². The highest BCUT2D eigenvalue weighted by Gasteiger charge is 2.37. The van der Waals surface area contributed by atoms with Crippen LogP contribution in [0.5, 0.6) is 11.5 Å². The number of anilines is 2. The Morgan fingerprint density at radius 1 is 1.04 bits per heavy atom. The van der Waals surface area contributed by atoms with Crippen LogP contribution in [-0.2, 0) is 19.4 Å². The number of hydrogen-bond acceptors (Lipinski definition) is 8. The number of nitrogens with one attached hydrogen (secondary N) is 2. The second kappa shape index (κ2) is 14.2. The Morgan fingerprint density at radius 3 is 2.39 bits per heavy atom. The van der Waals surface area contributed by atoms with Crippen molar-refractivity contribution in [1.29, 1.82) is 0 Å². The van der Waals surface area contributed by atoms with Crippen molar-refractivity contribution in [3.05, 3.63) is 77.1 Å². The van der Waals surface area contributed by atoms with Crippen LogP contribution in [0.3, 0.4) is 0 Å². The molecule has 2 atom stereocenters. The van der Waals surface area contributed by atoms with E-state index in [-0.39, 0.29) is 28.2 Å². The molecule has 4 N–H and O–H groups in total. The van der Waals surface area contributed by atoms with Gasteiger partial charge in [0.25, 0.3) is 5.91 Å². The summed E-state index contributed by atoms with van der Waals surface area (Å²) in [5, 5.41) is 5.83. The number of benzene rings is 3. The molecule has 0 aliphatic carbocycles. The third-order valence-corrected chi connectivity index (χ3v) is 8.55. The van der Waals surface area contributed by atoms with E-state index in [1.54, 1.807) is 29.2 Å². The summed E-state index contributed by atoms with van der Waals surface area (Å²) in [5.41, 5.74) is 6.55. The molecule has 1 aliphatic heterocycles. The van der Waals surface area contributed by atoms with Crippen molar-refractivity contribution < 1.29 is 36.7 Å². The molecular weight excluding hydrogens is 615 g/mol. The van der Waals surface area contributed by atoms with Crippen molar-refractivity contribution in [2.75, 3.05) is 30.0 Å². The van der Waals surface area contributed by atoms with Crippen LogP contribution < -0.4 is 25.8 Å². The van der Waals surface area contributed by atoms with E-state index >= 15 is 0 Å². The molecule has 46 heavy (non-hydrogen) atoms. The lowest BCUT2D eigenvalue weighted by atomic mass is 10.00. The molecule has 0 radical (unpaired) electrons. The second-order valence-corrected chi connectivity index (χ2v) is 13.3. The predicted octanol–water partition coefficient (Wildman–Crippen LogP) is 4.99. The Balaban J connectivity index is 1.83. The van der Waals surface area contributed by atoms with Crippen molar-refractivity contribution in [2.24, 2.45) is 5.73 Å². The van der Waals surface area contributed by atoms with Gasteiger partial charge < -0.3 is 30.7 Å². The maximum absolute atomic E-state index is 14.6. The average molecular weight is 655 g/mol. The van der Waals surface area contributed by atoms with Crippen LogP contribution in [0.4, 0.5) is 15.8 Å².